The van der Waals surface area contributed by atoms with Crippen LogP contribution in [0.25, 0.3) is 26.3 Å². The number of carboxylic acid groups (broad SMARTS) is 4. The van der Waals surface area contributed by atoms with E-state index in [0.29, 0.717) is 103 Å². The molecule has 4 aromatic carbocycles. The second kappa shape index (κ2) is 35.9. The Kier molecular flexibility index (Phi) is 26.4. The van der Waals surface area contributed by atoms with Crippen LogP contribution in [0.15, 0.2) is 93.7 Å². The fourth-order valence-corrected chi connectivity index (χ4v) is 12.1. The number of hydrogen-bond donors (Lipinski definition) is 9. The van der Waals surface area contributed by atoms with Gasteiger partial charge in [0.2, 0.25) is 5.91 Å². The molecule has 0 spiro atoms. The van der Waals surface area contributed by atoms with Crippen LogP contribution in [0.3, 0.4) is 0 Å². The second-order valence-electron chi connectivity index (χ2n) is 26.1. The van der Waals surface area contributed by atoms with Gasteiger partial charge in [-0.3, -0.25) is 43.2 Å². The standard InChI is InChI=1S/C20H24N4O4.C19H22N4O4.C19H22N4O3.C18H19N5O4/c1-12-10-14-15(11-16(12)28-3)24(9-7-5-4-6-8-17(25)26)19-18(23-14)20(27)22-13(2)21-19;1-11-9-14-15(10-12(11)2)23(6-8-27-7-4-5-16(24)25)18-17(22-14)19(26)21-13(3)20-18;1-12-8-9-14-15(11-12)23(10-6-4-3-5-7-16(24)25)18-17(22-14)19(26)21-13(2)20-18;1-9-6-12-13(7-10(9)2)23(8-14(24)19-5-4-15(25)26)17-16(22-12)18(27)21-11(3)20-17/h10-11H,2,4-9H2,1,3H3,(H,22,27)(H,25,26);9-10H,3-8H2,1-2H3,(H,21,26)(H,24,25);8-9,11H,2-7,10H2,1H3,(H,21,26)(H,24,25);6-7H,3-5,8H2,1-2H3,(H,19,24)(H,21,27)(H,25,26). The lowest BCUT2D eigenvalue weighted by molar-refractivity contribution is -0.138. The number of hydrogen-bond acceptors (Lipinski definition) is 23. The summed E-state index contributed by atoms with van der Waals surface area (Å²) in [6.07, 6.45) is 7.28. The van der Waals surface area contributed by atoms with Gasteiger partial charge in [-0.1, -0.05) is 58.1 Å². The summed E-state index contributed by atoms with van der Waals surface area (Å²) < 4.78 is 11.0. The number of aromatic amines is 4. The average Bonchev–Trinajstić information content (AvgIpc) is 0.775. The first kappa shape index (κ1) is 79.5. The predicted octanol–water partition coefficient (Wildman–Crippen LogP) is 4.73. The van der Waals surface area contributed by atoms with Crippen LogP contribution in [0.5, 0.6) is 5.75 Å². The third-order valence-electron chi connectivity index (χ3n) is 17.8. The Balaban J connectivity index is 0.000000166. The van der Waals surface area contributed by atoms with Crippen LogP contribution in [0.1, 0.15) is 117 Å². The van der Waals surface area contributed by atoms with Gasteiger partial charge in [0.1, 0.15) is 34.2 Å². The lowest BCUT2D eigenvalue weighted by Gasteiger charge is -2.28. The van der Waals surface area contributed by atoms with Gasteiger partial charge in [-0.15, -0.1) is 0 Å². The number of nitrogens with zero attached hydrogens (tertiary/aromatic N) is 12. The van der Waals surface area contributed by atoms with Gasteiger partial charge >= 0.3 is 23.9 Å². The quantitative estimate of drug-likeness (QED) is 0.0314. The second-order valence-corrected chi connectivity index (χ2v) is 26.1. The normalized spacial score (nSPS) is 12.2. The number of fused-ring (bicyclic) bond motifs is 8. The number of nitrogens with one attached hydrogen (secondary N) is 5. The number of amides is 1. The van der Waals surface area contributed by atoms with E-state index in [1.807, 2.05) is 111 Å². The monoisotopic (exact) mass is 1480 g/mol. The van der Waals surface area contributed by atoms with Crippen LogP contribution in [0.2, 0.25) is 0 Å². The first-order valence-corrected chi connectivity index (χ1v) is 35.0. The number of methoxy groups -OCH3 is 1. The first-order valence-electron chi connectivity index (χ1n) is 35.0. The van der Waals surface area contributed by atoms with Crippen molar-refractivity contribution in [2.45, 2.75) is 125 Å². The Morgan fingerprint density at radius 2 is 0.778 bits per heavy atom. The van der Waals surface area contributed by atoms with Crippen molar-refractivity contribution in [3.63, 3.8) is 0 Å². The summed E-state index contributed by atoms with van der Waals surface area (Å²) in [7, 11) is 1.62. The third-order valence-corrected chi connectivity index (χ3v) is 17.8. The molecule has 0 saturated heterocycles. The number of ether oxygens (including phenoxy) is 2. The maximum atomic E-state index is 12.4. The summed E-state index contributed by atoms with van der Waals surface area (Å²) in [5.41, 5.74) is 11.9. The molecule has 8 aromatic rings. The zero-order valence-electron chi connectivity index (χ0n) is 61.3. The number of carbonyl (C=O) groups is 5. The fraction of sp³-hybridized carbons (Fsp3) is 0.355. The largest absolute Gasteiger partial charge is 0.496 e. The van der Waals surface area contributed by atoms with Gasteiger partial charge in [0.05, 0.1) is 65.6 Å². The smallest absolute Gasteiger partial charge is 0.305 e. The van der Waals surface area contributed by atoms with Crippen molar-refractivity contribution < 1.29 is 53.9 Å². The molecule has 32 nitrogen and oxygen atoms in total. The number of rotatable bonds is 27. The van der Waals surface area contributed by atoms with E-state index in [9.17, 15) is 43.2 Å². The number of anilines is 8. The Bertz CT molecular complexity index is 5570. The molecule has 4 aromatic heterocycles. The molecular formula is C76H87N17O15. The lowest BCUT2D eigenvalue weighted by Crippen LogP contribution is -2.45. The van der Waals surface area contributed by atoms with Gasteiger partial charge in [-0.2, -0.15) is 0 Å². The Morgan fingerprint density at radius 1 is 0.417 bits per heavy atom. The Labute approximate surface area is 617 Å². The van der Waals surface area contributed by atoms with Gasteiger partial charge < -0.3 is 74.8 Å². The number of benzene rings is 4. The van der Waals surface area contributed by atoms with Crippen molar-refractivity contribution in [2.75, 3.05) is 72.6 Å². The molecule has 4 aliphatic rings. The Morgan fingerprint density at radius 3 is 1.21 bits per heavy atom. The molecule has 0 saturated carbocycles. The number of H-pyrrole nitrogens is 4. The SMILES string of the molecule is C=c1nc2c(c(=O)[nH]1)=Nc1cc(C)c(C)cc1N2CC(=O)NCCC(=O)O.C=c1nc2c(c(=O)[nH]1)=Nc1cc(C)c(C)cc1N2CCOCCCC(=O)O.C=c1nc2c(c(=O)[nH]1)=Nc1cc(C)c(OC)cc1N2CCCCCCC(=O)O.C=c1nc2c(c(=O)[nH]1)=Nc1ccc(C)cc1N2CCCCCCC(=O)O. The van der Waals surface area contributed by atoms with E-state index in [1.54, 1.807) is 12.0 Å². The van der Waals surface area contributed by atoms with Gasteiger partial charge in [0, 0.05) is 58.1 Å². The maximum Gasteiger partial charge on any atom is 0.305 e. The molecule has 8 heterocycles. The van der Waals surface area contributed by atoms with Crippen molar-refractivity contribution >= 4 is 125 Å². The summed E-state index contributed by atoms with van der Waals surface area (Å²) in [5, 5.41) is 38.3. The Hall–Kier alpha value is -12.6. The zero-order chi connectivity index (χ0) is 78.2. The molecule has 0 atom stereocenters. The number of unbranched alkanes of at least 4 members (excludes halogenated alkanes) is 6. The van der Waals surface area contributed by atoms with Gasteiger partial charge in [0.25, 0.3) is 22.2 Å². The highest BCUT2D eigenvalue weighted by molar-refractivity contribution is 5.88. The summed E-state index contributed by atoms with van der Waals surface area (Å²) in [5.74, 6) is -1.30. The molecule has 0 fully saturated rings. The first-order chi connectivity index (χ1) is 51.5. The number of aliphatic carboxylic acids is 4. The molecule has 12 rings (SSSR count). The molecule has 108 heavy (non-hydrogen) atoms. The summed E-state index contributed by atoms with van der Waals surface area (Å²) in [6, 6.07) is 17.4. The highest BCUT2D eigenvalue weighted by Crippen LogP contribution is 2.41. The third kappa shape index (κ3) is 20.1. The van der Waals surface area contributed by atoms with Crippen LogP contribution < -0.4 is 95.2 Å². The van der Waals surface area contributed by atoms with E-state index in [-0.39, 0.29) is 99.7 Å². The summed E-state index contributed by atoms with van der Waals surface area (Å²) >= 11 is 0. The highest BCUT2D eigenvalue weighted by atomic mass is 16.5. The molecule has 32 heteroatoms. The van der Waals surface area contributed by atoms with Gasteiger partial charge in [-0.05, 0) is 149 Å². The maximum absolute atomic E-state index is 12.4. The molecule has 0 bridgehead atoms. The van der Waals surface area contributed by atoms with E-state index in [1.165, 1.54) is 0 Å². The topological polar surface area (TPSA) is 442 Å². The zero-order valence-corrected chi connectivity index (χ0v) is 61.3. The van der Waals surface area contributed by atoms with Crippen molar-refractivity contribution in [3.8, 4) is 5.75 Å². The van der Waals surface area contributed by atoms with Crippen LogP contribution in [0, 0.1) is 41.5 Å². The number of carbonyl (C=O) groups excluding carboxylic acids is 1. The average molecular weight is 1480 g/mol. The molecule has 1 amide bonds. The van der Waals surface area contributed by atoms with E-state index < -0.39 is 29.4 Å². The van der Waals surface area contributed by atoms with E-state index >= 15 is 0 Å². The van der Waals surface area contributed by atoms with Gasteiger partial charge in [-0.25, -0.2) is 39.9 Å². The molecule has 566 valence electrons. The molecule has 0 radical (unpaired) electrons. The van der Waals surface area contributed by atoms with Crippen LogP contribution in [0.4, 0.5) is 68.8 Å². The molecule has 9 N–H and O–H groups in total. The fourth-order valence-electron chi connectivity index (χ4n) is 12.1. The highest BCUT2D eigenvalue weighted by Gasteiger charge is 2.29. The van der Waals surface area contributed by atoms with Crippen LogP contribution >= 0.6 is 0 Å². The molecular weight excluding hydrogens is 1390 g/mol. The molecule has 0 aliphatic carbocycles. The van der Waals surface area contributed by atoms with E-state index in [0.717, 1.165) is 100 Å². The summed E-state index contributed by atoms with van der Waals surface area (Å²) in [4.78, 5) is 157. The van der Waals surface area contributed by atoms with E-state index in [2.05, 4.69) is 91.5 Å². The number of carboxylic acids is 4. The number of aromatic nitrogens is 8. The minimum absolute atomic E-state index is 0.0163. The predicted molar refractivity (Wildman–Crippen MR) is 406 cm³/mol. The summed E-state index contributed by atoms with van der Waals surface area (Å²) in [6.45, 7) is 29.1. The molecule has 4 aliphatic heterocycles. The lowest BCUT2D eigenvalue weighted by atomic mass is 10.1. The van der Waals surface area contributed by atoms with Crippen molar-refractivity contribution in [2.24, 2.45) is 20.0 Å². The van der Waals surface area contributed by atoms with Crippen LogP contribution in [-0.2, 0) is 28.7 Å². The van der Waals surface area contributed by atoms with Crippen LogP contribution in [-0.4, -0.2) is 143 Å². The minimum atomic E-state index is -0.997. The number of aryl methyl sites for hydroxylation is 6. The van der Waals surface area contributed by atoms with Crippen molar-refractivity contribution in [1.29, 1.82) is 0 Å². The molecule has 0 unspecified atom stereocenters. The van der Waals surface area contributed by atoms with E-state index in [4.69, 9.17) is 29.9 Å². The van der Waals surface area contributed by atoms with Crippen molar-refractivity contribution in [1.82, 2.24) is 45.2 Å². The van der Waals surface area contributed by atoms with Crippen molar-refractivity contribution in [3.05, 3.63) is 173 Å². The van der Waals surface area contributed by atoms with Gasteiger partial charge in [0.15, 0.2) is 44.7 Å². The minimum Gasteiger partial charge on any atom is -0.496 e.